The maximum absolute atomic E-state index is 12.0. The summed E-state index contributed by atoms with van der Waals surface area (Å²) in [4.78, 5) is 19.0. The first-order valence-electron chi connectivity index (χ1n) is 8.52. The number of nitrogens with one attached hydrogen (secondary N) is 1. The van der Waals surface area contributed by atoms with Crippen molar-refractivity contribution in [3.05, 3.63) is 40.9 Å². The highest BCUT2D eigenvalue weighted by atomic mass is 35.5. The maximum atomic E-state index is 12.0. The number of carbonyl (C=O) groups is 1. The molecule has 1 aromatic carbocycles. The van der Waals surface area contributed by atoms with Gasteiger partial charge in [0.05, 0.1) is 5.69 Å². The smallest absolute Gasteiger partial charge is 0.220 e. The third-order valence-electron chi connectivity index (χ3n) is 4.30. The molecule has 0 saturated carbocycles. The molecular weight excluding hydrogens is 391 g/mol. The predicted octanol–water partition coefficient (Wildman–Crippen LogP) is 3.46. The number of benzene rings is 1. The van der Waals surface area contributed by atoms with Crippen LogP contribution in [0.4, 0.5) is 10.8 Å². The number of anilines is 2. The van der Waals surface area contributed by atoms with E-state index in [0.717, 1.165) is 41.6 Å². The van der Waals surface area contributed by atoms with Crippen LogP contribution in [0.1, 0.15) is 30.5 Å². The normalized spacial score (nSPS) is 13.0. The standard InChI is InChI=1S/C18H24N4OS.2ClH/c19-16-6-2-1-5-14(16)7-8-17(23)20-10-9-15-13-24-18(21-15)22-11-3-4-12-22;;/h1-2,5-6,13H,3-4,7-12,19H2,(H,20,23);2*1H. The second kappa shape index (κ2) is 11.3. The SMILES string of the molecule is Cl.Cl.Nc1ccccc1CCC(=O)NCCc1csc(N2CCCC2)n1. The zero-order chi connectivity index (χ0) is 16.8. The topological polar surface area (TPSA) is 71.2 Å². The lowest BCUT2D eigenvalue weighted by Gasteiger charge is -2.12. The number of thiazole rings is 1. The van der Waals surface area contributed by atoms with Crippen molar-refractivity contribution in [2.45, 2.75) is 32.1 Å². The summed E-state index contributed by atoms with van der Waals surface area (Å²) in [5.74, 6) is 0.0632. The molecule has 0 aliphatic carbocycles. The van der Waals surface area contributed by atoms with Crippen LogP contribution >= 0.6 is 36.2 Å². The highest BCUT2D eigenvalue weighted by Crippen LogP contribution is 2.24. The van der Waals surface area contributed by atoms with Crippen LogP contribution in [-0.2, 0) is 17.6 Å². The number of nitrogens with two attached hydrogens (primary N) is 1. The number of amides is 1. The Bertz CT molecular complexity index is 689. The molecular formula is C18H26Cl2N4OS. The molecule has 1 aliphatic heterocycles. The zero-order valence-electron chi connectivity index (χ0n) is 14.6. The van der Waals surface area contributed by atoms with Gasteiger partial charge in [0.15, 0.2) is 5.13 Å². The second-order valence-corrected chi connectivity index (χ2v) is 6.95. The van der Waals surface area contributed by atoms with Gasteiger partial charge < -0.3 is 16.0 Å². The Morgan fingerprint density at radius 1 is 1.19 bits per heavy atom. The molecule has 3 N–H and O–H groups in total. The summed E-state index contributed by atoms with van der Waals surface area (Å²) in [7, 11) is 0. The average Bonchev–Trinajstić information content (AvgIpc) is 3.25. The molecule has 144 valence electrons. The molecule has 0 spiro atoms. The van der Waals surface area contributed by atoms with Gasteiger partial charge in [0.2, 0.25) is 5.91 Å². The molecule has 1 aromatic heterocycles. The minimum Gasteiger partial charge on any atom is -0.399 e. The van der Waals surface area contributed by atoms with Gasteiger partial charge in [-0.2, -0.15) is 0 Å². The maximum Gasteiger partial charge on any atom is 0.220 e. The fourth-order valence-electron chi connectivity index (χ4n) is 2.89. The lowest BCUT2D eigenvalue weighted by Crippen LogP contribution is -2.26. The molecule has 0 unspecified atom stereocenters. The number of rotatable bonds is 7. The molecule has 1 aliphatic rings. The van der Waals surface area contributed by atoms with Crippen molar-refractivity contribution in [3.63, 3.8) is 0 Å². The van der Waals surface area contributed by atoms with E-state index in [1.807, 2.05) is 24.3 Å². The van der Waals surface area contributed by atoms with E-state index in [-0.39, 0.29) is 30.7 Å². The van der Waals surface area contributed by atoms with Crippen LogP contribution in [-0.4, -0.2) is 30.5 Å². The number of hydrogen-bond acceptors (Lipinski definition) is 5. The Kier molecular flexibility index (Phi) is 9.76. The lowest BCUT2D eigenvalue weighted by molar-refractivity contribution is -0.121. The van der Waals surface area contributed by atoms with Crippen LogP contribution in [0.2, 0.25) is 0 Å². The first-order chi connectivity index (χ1) is 11.7. The number of aryl methyl sites for hydroxylation is 1. The van der Waals surface area contributed by atoms with Crippen LogP contribution in [0, 0.1) is 0 Å². The Balaban J connectivity index is 0.00000169. The van der Waals surface area contributed by atoms with Gasteiger partial charge in [0.1, 0.15) is 0 Å². The Hall–Kier alpha value is -1.50. The number of nitrogens with zero attached hydrogens (tertiary/aromatic N) is 2. The number of halogens is 2. The molecule has 0 atom stereocenters. The number of aromatic nitrogens is 1. The summed E-state index contributed by atoms with van der Waals surface area (Å²) in [5.41, 5.74) is 8.74. The minimum absolute atomic E-state index is 0. The molecule has 2 heterocycles. The summed E-state index contributed by atoms with van der Waals surface area (Å²) in [5, 5.41) is 6.19. The summed E-state index contributed by atoms with van der Waals surface area (Å²) in [6.07, 6.45) is 4.44. The predicted molar refractivity (Wildman–Crippen MR) is 114 cm³/mol. The van der Waals surface area contributed by atoms with E-state index >= 15 is 0 Å². The summed E-state index contributed by atoms with van der Waals surface area (Å²) in [6, 6.07) is 7.69. The largest absolute Gasteiger partial charge is 0.399 e. The Morgan fingerprint density at radius 2 is 1.92 bits per heavy atom. The van der Waals surface area contributed by atoms with Gasteiger partial charge in [-0.15, -0.1) is 36.2 Å². The Morgan fingerprint density at radius 3 is 2.65 bits per heavy atom. The Labute approximate surface area is 171 Å². The summed E-state index contributed by atoms with van der Waals surface area (Å²) >= 11 is 1.70. The number of carbonyl (C=O) groups excluding carboxylic acids is 1. The number of nitrogen functional groups attached to an aromatic ring is 1. The van der Waals surface area contributed by atoms with Gasteiger partial charge in [-0.3, -0.25) is 4.79 Å². The fourth-order valence-corrected chi connectivity index (χ4v) is 3.81. The highest BCUT2D eigenvalue weighted by molar-refractivity contribution is 7.13. The van der Waals surface area contributed by atoms with Gasteiger partial charge in [-0.1, -0.05) is 18.2 Å². The van der Waals surface area contributed by atoms with Crippen LogP contribution in [0.25, 0.3) is 0 Å². The van der Waals surface area contributed by atoms with Crippen LogP contribution < -0.4 is 16.0 Å². The van der Waals surface area contributed by atoms with Crippen molar-refractivity contribution < 1.29 is 4.79 Å². The zero-order valence-corrected chi connectivity index (χ0v) is 17.1. The van der Waals surface area contributed by atoms with Crippen molar-refractivity contribution in [3.8, 4) is 0 Å². The molecule has 1 amide bonds. The van der Waals surface area contributed by atoms with Gasteiger partial charge in [-0.05, 0) is 30.9 Å². The summed E-state index contributed by atoms with van der Waals surface area (Å²) in [6.45, 7) is 2.87. The third kappa shape index (κ3) is 6.34. The molecule has 3 rings (SSSR count). The number of hydrogen-bond donors (Lipinski definition) is 2. The van der Waals surface area contributed by atoms with E-state index in [0.29, 0.717) is 19.4 Å². The van der Waals surface area contributed by atoms with E-state index in [2.05, 4.69) is 20.6 Å². The second-order valence-electron chi connectivity index (χ2n) is 6.11. The molecule has 2 aromatic rings. The van der Waals surface area contributed by atoms with E-state index in [4.69, 9.17) is 5.73 Å². The van der Waals surface area contributed by atoms with Gasteiger partial charge in [0, 0.05) is 43.5 Å². The molecule has 26 heavy (non-hydrogen) atoms. The van der Waals surface area contributed by atoms with Crippen molar-refractivity contribution in [1.82, 2.24) is 10.3 Å². The van der Waals surface area contributed by atoms with Crippen LogP contribution in [0.15, 0.2) is 29.6 Å². The molecule has 1 saturated heterocycles. The van der Waals surface area contributed by atoms with Gasteiger partial charge in [-0.25, -0.2) is 4.98 Å². The lowest BCUT2D eigenvalue weighted by atomic mass is 10.1. The molecule has 8 heteroatoms. The van der Waals surface area contributed by atoms with E-state index in [1.165, 1.54) is 12.8 Å². The van der Waals surface area contributed by atoms with E-state index in [9.17, 15) is 4.79 Å². The molecule has 1 fully saturated rings. The third-order valence-corrected chi connectivity index (χ3v) is 5.25. The highest BCUT2D eigenvalue weighted by Gasteiger charge is 2.15. The first-order valence-corrected chi connectivity index (χ1v) is 9.40. The van der Waals surface area contributed by atoms with Crippen LogP contribution in [0.3, 0.4) is 0 Å². The summed E-state index contributed by atoms with van der Waals surface area (Å²) < 4.78 is 0. The van der Waals surface area contributed by atoms with Crippen molar-refractivity contribution in [2.75, 3.05) is 30.3 Å². The number of para-hydroxylation sites is 1. The van der Waals surface area contributed by atoms with Crippen LogP contribution in [0.5, 0.6) is 0 Å². The van der Waals surface area contributed by atoms with Crippen molar-refractivity contribution >= 4 is 52.9 Å². The average molecular weight is 417 g/mol. The van der Waals surface area contributed by atoms with E-state index < -0.39 is 0 Å². The minimum atomic E-state index is 0. The first kappa shape index (κ1) is 22.5. The molecule has 0 radical (unpaired) electrons. The monoisotopic (exact) mass is 416 g/mol. The van der Waals surface area contributed by atoms with Crippen molar-refractivity contribution in [1.29, 1.82) is 0 Å². The fraction of sp³-hybridized carbons (Fsp3) is 0.444. The molecule has 0 bridgehead atoms. The quantitative estimate of drug-likeness (QED) is 0.677. The van der Waals surface area contributed by atoms with Crippen molar-refractivity contribution in [2.24, 2.45) is 0 Å². The molecule has 5 nitrogen and oxygen atoms in total. The van der Waals surface area contributed by atoms with Gasteiger partial charge >= 0.3 is 0 Å². The van der Waals surface area contributed by atoms with Gasteiger partial charge in [0.25, 0.3) is 0 Å². The van der Waals surface area contributed by atoms with E-state index in [1.54, 1.807) is 11.3 Å².